The zero-order valence-electron chi connectivity index (χ0n) is 8.11. The Balaban J connectivity index is -0.000000107. The van der Waals surface area contributed by atoms with Crippen molar-refractivity contribution < 1.29 is 40.8 Å². The van der Waals surface area contributed by atoms with E-state index < -0.39 is 0 Å². The Morgan fingerprint density at radius 3 is 1.75 bits per heavy atom. The van der Waals surface area contributed by atoms with Gasteiger partial charge in [-0.15, -0.1) is 0 Å². The Kier molecular flexibility index (Phi) is 34.0. The molecule has 0 aromatic rings. The summed E-state index contributed by atoms with van der Waals surface area (Å²) in [5.74, 6) is 0.916. The van der Waals surface area contributed by atoms with Crippen LogP contribution in [0.25, 0.3) is 0 Å². The Hall–Kier alpha value is 0.750. The van der Waals surface area contributed by atoms with Gasteiger partial charge >= 0.3 is 74.0 Å². The van der Waals surface area contributed by atoms with E-state index in [0.29, 0.717) is 0 Å². The largest absolute Gasteiger partial charge is 0.412 e. The van der Waals surface area contributed by atoms with Crippen LogP contribution in [0, 0.1) is 5.92 Å². The molecule has 0 aromatic carbocycles. The molecule has 12 heavy (non-hydrogen) atoms. The van der Waals surface area contributed by atoms with Crippen LogP contribution in [-0.2, 0) is 24.4 Å². The Morgan fingerprint density at radius 1 is 0.917 bits per heavy atom. The summed E-state index contributed by atoms with van der Waals surface area (Å²) >= 11 is 1.40. The van der Waals surface area contributed by atoms with Crippen LogP contribution < -0.4 is 0 Å². The smallest absolute Gasteiger partial charge is 0.412 e. The molecule has 0 aliphatic heterocycles. The second-order valence-electron chi connectivity index (χ2n) is 2.99. The second-order valence-corrected chi connectivity index (χ2v) is 4.79. The van der Waals surface area contributed by atoms with Crippen LogP contribution in [0.5, 0.6) is 0 Å². The molecule has 0 aliphatic carbocycles. The van der Waals surface area contributed by atoms with Gasteiger partial charge in [-0.3, -0.25) is 0 Å². The molecule has 0 bridgehead atoms. The van der Waals surface area contributed by atoms with Crippen molar-refractivity contribution in [3.63, 3.8) is 0 Å². The Labute approximate surface area is 90.4 Å². The van der Waals surface area contributed by atoms with E-state index in [2.05, 4.69) is 13.8 Å². The third kappa shape index (κ3) is 22.4. The third-order valence-corrected chi connectivity index (χ3v) is 2.73. The molecule has 0 saturated heterocycles. The maximum Gasteiger partial charge on any atom is -0.412 e. The van der Waals surface area contributed by atoms with Gasteiger partial charge in [0.2, 0.25) is 0 Å². The van der Waals surface area contributed by atoms with Crippen molar-refractivity contribution in [2.45, 2.75) is 43.7 Å². The van der Waals surface area contributed by atoms with Crippen LogP contribution in [-0.4, -0.2) is 16.4 Å². The van der Waals surface area contributed by atoms with Crippen molar-refractivity contribution in [3.05, 3.63) is 0 Å². The van der Waals surface area contributed by atoms with Crippen molar-refractivity contribution in [3.8, 4) is 0 Å². The second kappa shape index (κ2) is 17.7. The minimum Gasteiger partial charge on any atom is -0.412 e. The van der Waals surface area contributed by atoms with Crippen LogP contribution in [0.3, 0.4) is 0 Å². The fraction of sp³-hybridized carbons (Fsp3) is 1.00. The maximum atomic E-state index is 2.31. The molecular formula is C8H23HfO3. The van der Waals surface area contributed by atoms with Gasteiger partial charge in [-0.05, 0) is 0 Å². The first kappa shape index (κ1) is 23.0. The molecule has 3 nitrogen and oxygen atoms in total. The van der Waals surface area contributed by atoms with Gasteiger partial charge in [-0.1, -0.05) is 0 Å². The SMILES string of the molecule is CC(C)CCCC[CH2][Hf].O.O.O. The van der Waals surface area contributed by atoms with E-state index in [1.165, 1.54) is 54.2 Å². The van der Waals surface area contributed by atoms with E-state index in [1.54, 1.807) is 0 Å². The average molecular weight is 346 g/mol. The van der Waals surface area contributed by atoms with E-state index >= 15 is 0 Å². The normalized spacial score (nSPS) is 7.83. The number of hydrogen-bond acceptors (Lipinski definition) is 0. The van der Waals surface area contributed by atoms with Crippen LogP contribution in [0.15, 0.2) is 0 Å². The summed E-state index contributed by atoms with van der Waals surface area (Å²) in [6, 6.07) is 0. The maximum absolute atomic E-state index is 2.31. The minimum atomic E-state index is 0. The predicted octanol–water partition coefficient (Wildman–Crippen LogP) is 0.694. The molecular weight excluding hydrogens is 323 g/mol. The molecule has 0 fully saturated rings. The van der Waals surface area contributed by atoms with Crippen molar-refractivity contribution >= 4 is 0 Å². The van der Waals surface area contributed by atoms with Gasteiger partial charge in [-0.25, -0.2) is 0 Å². The number of rotatable bonds is 5. The van der Waals surface area contributed by atoms with E-state index in [1.807, 2.05) is 0 Å². The quantitative estimate of drug-likeness (QED) is 0.518. The molecule has 0 aromatic heterocycles. The fourth-order valence-corrected chi connectivity index (χ4v) is 1.75. The molecule has 4 heteroatoms. The van der Waals surface area contributed by atoms with Gasteiger partial charge in [0.05, 0.1) is 0 Å². The van der Waals surface area contributed by atoms with Gasteiger partial charge in [0.25, 0.3) is 0 Å². The van der Waals surface area contributed by atoms with Gasteiger partial charge in [0.1, 0.15) is 0 Å². The summed E-state index contributed by atoms with van der Waals surface area (Å²) in [6.45, 7) is 4.61. The Morgan fingerprint density at radius 2 is 1.42 bits per heavy atom. The number of unbranched alkanes of at least 4 members (excludes halogenated alkanes) is 2. The monoisotopic (exact) mass is 347 g/mol. The zero-order valence-corrected chi connectivity index (χ0v) is 11.7. The minimum absolute atomic E-state index is 0. The molecule has 0 atom stereocenters. The van der Waals surface area contributed by atoms with Crippen molar-refractivity contribution in [1.29, 1.82) is 0 Å². The van der Waals surface area contributed by atoms with Crippen LogP contribution in [0.2, 0.25) is 4.18 Å². The first-order chi connectivity index (χ1) is 4.27. The summed E-state index contributed by atoms with van der Waals surface area (Å²) in [4.78, 5) is 0. The van der Waals surface area contributed by atoms with E-state index in [9.17, 15) is 0 Å². The van der Waals surface area contributed by atoms with Crippen LogP contribution in [0.4, 0.5) is 0 Å². The molecule has 77 valence electrons. The van der Waals surface area contributed by atoms with Crippen LogP contribution in [0.1, 0.15) is 39.5 Å². The average Bonchev–Trinajstić information content (AvgIpc) is 1.80. The number of hydrogen-bond donors (Lipinski definition) is 0. The van der Waals surface area contributed by atoms with Crippen molar-refractivity contribution in [1.82, 2.24) is 0 Å². The fourth-order valence-electron chi connectivity index (χ4n) is 0.854. The molecule has 0 rings (SSSR count). The topological polar surface area (TPSA) is 94.5 Å². The molecule has 0 unspecified atom stereocenters. The van der Waals surface area contributed by atoms with Crippen molar-refractivity contribution in [2.75, 3.05) is 0 Å². The first-order valence-corrected chi connectivity index (χ1v) is 6.46. The molecule has 0 saturated carbocycles. The van der Waals surface area contributed by atoms with E-state index in [4.69, 9.17) is 0 Å². The predicted molar refractivity (Wildman–Crippen MR) is 49.0 cm³/mol. The molecule has 0 radical (unpaired) electrons. The van der Waals surface area contributed by atoms with Gasteiger partial charge in [-0.2, -0.15) is 0 Å². The molecule has 0 spiro atoms. The summed E-state index contributed by atoms with van der Waals surface area (Å²) < 4.78 is 1.50. The Bertz CT molecular complexity index is 60.3. The van der Waals surface area contributed by atoms with Gasteiger partial charge < -0.3 is 16.4 Å². The van der Waals surface area contributed by atoms with Gasteiger partial charge in [0.15, 0.2) is 0 Å². The molecule has 0 aliphatic rings. The first-order valence-electron chi connectivity index (χ1n) is 3.92. The molecule has 6 N–H and O–H groups in total. The van der Waals surface area contributed by atoms with E-state index in [0.717, 1.165) is 5.92 Å². The molecule has 0 heterocycles. The standard InChI is InChI=1S/C8H17.Hf.3H2O/c1-4-5-6-7-8(2)3;;;;/h8H,1,4-7H2,2-3H3;;3*1H2. The third-order valence-electron chi connectivity index (χ3n) is 1.46. The van der Waals surface area contributed by atoms with Gasteiger partial charge in [0, 0.05) is 0 Å². The van der Waals surface area contributed by atoms with Crippen LogP contribution >= 0.6 is 0 Å². The van der Waals surface area contributed by atoms with Crippen molar-refractivity contribution in [2.24, 2.45) is 5.92 Å². The summed E-state index contributed by atoms with van der Waals surface area (Å²) in [5, 5.41) is 0. The summed E-state index contributed by atoms with van der Waals surface area (Å²) in [5.41, 5.74) is 0. The summed E-state index contributed by atoms with van der Waals surface area (Å²) in [7, 11) is 0. The van der Waals surface area contributed by atoms with E-state index in [-0.39, 0.29) is 16.4 Å². The summed E-state index contributed by atoms with van der Waals surface area (Å²) in [6.07, 6.45) is 5.85. The molecule has 0 amide bonds. The zero-order chi connectivity index (χ0) is 7.11.